The fraction of sp³-hybridized carbons (Fsp3) is 0.273. The summed E-state index contributed by atoms with van der Waals surface area (Å²) in [4.78, 5) is 10.5. The Morgan fingerprint density at radius 3 is 2.94 bits per heavy atom. The van der Waals surface area contributed by atoms with Gasteiger partial charge in [0.1, 0.15) is 11.3 Å². The third-order valence-corrected chi connectivity index (χ3v) is 2.50. The van der Waals surface area contributed by atoms with Crippen LogP contribution in [-0.4, -0.2) is 26.0 Å². The molecule has 2 aromatic rings. The molecule has 0 spiro atoms. The van der Waals surface area contributed by atoms with Crippen LogP contribution in [0.2, 0.25) is 0 Å². The predicted octanol–water partition coefficient (Wildman–Crippen LogP) is 1.30. The molecule has 0 unspecified atom stereocenters. The van der Waals surface area contributed by atoms with Crippen LogP contribution in [0, 0.1) is 0 Å². The first-order valence-corrected chi connectivity index (χ1v) is 4.95. The van der Waals surface area contributed by atoms with E-state index in [0.29, 0.717) is 17.6 Å². The summed E-state index contributed by atoms with van der Waals surface area (Å²) in [5.41, 5.74) is 1.35. The first-order valence-electron chi connectivity index (χ1n) is 4.95. The number of nitrogens with zero attached hydrogens (tertiary/aromatic N) is 2. The molecule has 0 aliphatic rings. The van der Waals surface area contributed by atoms with Crippen LogP contribution in [0.3, 0.4) is 0 Å². The molecule has 2 rings (SSSR count). The number of aryl methyl sites for hydroxylation is 2. The molecule has 1 aromatic heterocycles. The number of hydrogen-bond donors (Lipinski definition) is 2. The number of fused-ring (bicyclic) bond motifs is 1. The van der Waals surface area contributed by atoms with E-state index >= 15 is 0 Å². The standard InChI is InChI=1S/C11H12N2O3/c1-13-11-7(3-2-4-9(11)14)8(12-13)5-6-10(15)16/h2-4,14H,5-6H2,1H3,(H,15,16). The number of hydrogen-bond acceptors (Lipinski definition) is 3. The number of aromatic hydroxyl groups is 1. The van der Waals surface area contributed by atoms with Crippen molar-refractivity contribution >= 4 is 16.9 Å². The Bertz CT molecular complexity index is 545. The lowest BCUT2D eigenvalue weighted by atomic mass is 10.1. The minimum Gasteiger partial charge on any atom is -0.506 e. The molecule has 2 N–H and O–H groups in total. The van der Waals surface area contributed by atoms with E-state index in [9.17, 15) is 9.90 Å². The molecule has 5 heteroatoms. The van der Waals surface area contributed by atoms with Gasteiger partial charge in [0.2, 0.25) is 0 Å². The topological polar surface area (TPSA) is 75.4 Å². The number of phenolic OH excluding ortho intramolecular Hbond substituents is 1. The van der Waals surface area contributed by atoms with E-state index in [1.54, 1.807) is 23.9 Å². The zero-order valence-corrected chi connectivity index (χ0v) is 8.84. The molecule has 0 atom stereocenters. The molecule has 16 heavy (non-hydrogen) atoms. The van der Waals surface area contributed by atoms with Gasteiger partial charge in [-0.05, 0) is 6.07 Å². The van der Waals surface area contributed by atoms with Crippen molar-refractivity contribution in [1.82, 2.24) is 9.78 Å². The number of aromatic nitrogens is 2. The molecule has 0 bridgehead atoms. The number of carboxylic acid groups (broad SMARTS) is 1. The summed E-state index contributed by atoms with van der Waals surface area (Å²) in [5.74, 6) is -0.687. The Kier molecular flexibility index (Phi) is 2.52. The molecular weight excluding hydrogens is 208 g/mol. The zero-order chi connectivity index (χ0) is 11.7. The van der Waals surface area contributed by atoms with Gasteiger partial charge in [0.05, 0.1) is 12.1 Å². The minimum atomic E-state index is -0.848. The number of rotatable bonds is 3. The normalized spacial score (nSPS) is 10.8. The molecule has 1 heterocycles. The summed E-state index contributed by atoms with van der Waals surface area (Å²) < 4.78 is 1.57. The van der Waals surface area contributed by atoms with Crippen molar-refractivity contribution in [2.24, 2.45) is 7.05 Å². The van der Waals surface area contributed by atoms with Gasteiger partial charge >= 0.3 is 5.97 Å². The van der Waals surface area contributed by atoms with Crippen LogP contribution in [0.25, 0.3) is 10.9 Å². The van der Waals surface area contributed by atoms with E-state index in [4.69, 9.17) is 5.11 Å². The van der Waals surface area contributed by atoms with E-state index in [-0.39, 0.29) is 12.2 Å². The molecule has 0 fully saturated rings. The predicted molar refractivity (Wildman–Crippen MR) is 58.3 cm³/mol. The maximum Gasteiger partial charge on any atom is 0.303 e. The van der Waals surface area contributed by atoms with E-state index in [0.717, 1.165) is 5.39 Å². The lowest BCUT2D eigenvalue weighted by Gasteiger charge is -1.96. The molecule has 0 amide bonds. The van der Waals surface area contributed by atoms with Gasteiger partial charge < -0.3 is 10.2 Å². The number of carboxylic acids is 1. The molecule has 0 radical (unpaired) electrons. The smallest absolute Gasteiger partial charge is 0.303 e. The molecular formula is C11H12N2O3. The van der Waals surface area contributed by atoms with Gasteiger partial charge in [0.25, 0.3) is 0 Å². The van der Waals surface area contributed by atoms with E-state index in [2.05, 4.69) is 5.10 Å². The molecule has 0 aliphatic carbocycles. The van der Waals surface area contributed by atoms with Crippen molar-refractivity contribution in [1.29, 1.82) is 0 Å². The Labute approximate surface area is 91.9 Å². The second kappa shape index (κ2) is 3.84. The van der Waals surface area contributed by atoms with Crippen molar-refractivity contribution in [3.05, 3.63) is 23.9 Å². The summed E-state index contributed by atoms with van der Waals surface area (Å²) in [5, 5.41) is 23.3. The van der Waals surface area contributed by atoms with Crippen LogP contribution in [0.15, 0.2) is 18.2 Å². The highest BCUT2D eigenvalue weighted by atomic mass is 16.4. The van der Waals surface area contributed by atoms with Gasteiger partial charge in [-0.15, -0.1) is 0 Å². The summed E-state index contributed by atoms with van der Waals surface area (Å²) in [6.45, 7) is 0. The third-order valence-electron chi connectivity index (χ3n) is 2.50. The monoisotopic (exact) mass is 220 g/mol. The SMILES string of the molecule is Cn1nc(CCC(=O)O)c2cccc(O)c21. The summed E-state index contributed by atoms with van der Waals surface area (Å²) >= 11 is 0. The van der Waals surface area contributed by atoms with Gasteiger partial charge in [-0.1, -0.05) is 12.1 Å². The van der Waals surface area contributed by atoms with Gasteiger partial charge in [-0.3, -0.25) is 9.48 Å². The third kappa shape index (κ3) is 1.71. The first kappa shape index (κ1) is 10.5. The number of benzene rings is 1. The van der Waals surface area contributed by atoms with Crippen LogP contribution in [0.5, 0.6) is 5.75 Å². The highest BCUT2D eigenvalue weighted by Crippen LogP contribution is 2.26. The van der Waals surface area contributed by atoms with Crippen LogP contribution in [0.4, 0.5) is 0 Å². The average Bonchev–Trinajstić information content (AvgIpc) is 2.54. The maximum absolute atomic E-state index is 10.5. The Balaban J connectivity index is 2.47. The second-order valence-electron chi connectivity index (χ2n) is 3.64. The fourth-order valence-corrected chi connectivity index (χ4v) is 1.80. The minimum absolute atomic E-state index is 0.0434. The summed E-state index contributed by atoms with van der Waals surface area (Å²) in [7, 11) is 1.73. The van der Waals surface area contributed by atoms with Crippen LogP contribution >= 0.6 is 0 Å². The largest absolute Gasteiger partial charge is 0.506 e. The molecule has 0 aliphatic heterocycles. The van der Waals surface area contributed by atoms with Crippen LogP contribution in [-0.2, 0) is 18.3 Å². The lowest BCUT2D eigenvalue weighted by molar-refractivity contribution is -0.136. The van der Waals surface area contributed by atoms with Gasteiger partial charge in [0, 0.05) is 18.9 Å². The Morgan fingerprint density at radius 2 is 2.25 bits per heavy atom. The van der Waals surface area contributed by atoms with E-state index < -0.39 is 5.97 Å². The van der Waals surface area contributed by atoms with Crippen molar-refractivity contribution < 1.29 is 15.0 Å². The number of para-hydroxylation sites is 1. The maximum atomic E-state index is 10.5. The molecule has 5 nitrogen and oxygen atoms in total. The number of carbonyl (C=O) groups is 1. The highest BCUT2D eigenvalue weighted by molar-refractivity contribution is 5.87. The molecule has 84 valence electrons. The van der Waals surface area contributed by atoms with Crippen molar-refractivity contribution in [2.75, 3.05) is 0 Å². The zero-order valence-electron chi connectivity index (χ0n) is 8.84. The van der Waals surface area contributed by atoms with Crippen molar-refractivity contribution in [3.63, 3.8) is 0 Å². The van der Waals surface area contributed by atoms with Crippen LogP contribution < -0.4 is 0 Å². The van der Waals surface area contributed by atoms with Gasteiger partial charge in [-0.2, -0.15) is 5.10 Å². The van der Waals surface area contributed by atoms with Gasteiger partial charge in [0.15, 0.2) is 0 Å². The number of phenols is 1. The van der Waals surface area contributed by atoms with Crippen molar-refractivity contribution in [3.8, 4) is 5.75 Å². The van der Waals surface area contributed by atoms with E-state index in [1.165, 1.54) is 0 Å². The Morgan fingerprint density at radius 1 is 1.50 bits per heavy atom. The molecule has 0 saturated carbocycles. The van der Waals surface area contributed by atoms with Gasteiger partial charge in [-0.25, -0.2) is 0 Å². The number of aliphatic carboxylic acids is 1. The molecule has 1 aromatic carbocycles. The average molecular weight is 220 g/mol. The quantitative estimate of drug-likeness (QED) is 0.817. The summed E-state index contributed by atoms with van der Waals surface area (Å²) in [6, 6.07) is 5.15. The lowest BCUT2D eigenvalue weighted by Crippen LogP contribution is -1.99. The highest BCUT2D eigenvalue weighted by Gasteiger charge is 2.12. The fourth-order valence-electron chi connectivity index (χ4n) is 1.80. The van der Waals surface area contributed by atoms with E-state index in [1.807, 2.05) is 6.07 Å². The second-order valence-corrected chi connectivity index (χ2v) is 3.64. The molecule has 0 saturated heterocycles. The Hall–Kier alpha value is -2.04. The summed E-state index contributed by atoms with van der Waals surface area (Å²) in [6.07, 6.45) is 0.415. The van der Waals surface area contributed by atoms with Crippen molar-refractivity contribution in [2.45, 2.75) is 12.8 Å². The van der Waals surface area contributed by atoms with Crippen LogP contribution in [0.1, 0.15) is 12.1 Å². The first-order chi connectivity index (χ1) is 7.59.